The fourth-order valence-electron chi connectivity index (χ4n) is 0.986. The number of halogens is 2. The molecule has 0 heterocycles. The average molecular weight is 201 g/mol. The number of alkyl halides is 1. The Morgan fingerprint density at radius 3 is 2.50 bits per heavy atom. The third-order valence-electron chi connectivity index (χ3n) is 1.56. The fraction of sp³-hybridized carbons (Fsp3) is 0.200. The first kappa shape index (κ1) is 9.63. The highest BCUT2D eigenvalue weighted by molar-refractivity contribution is 6.27. The molecule has 1 aromatic carbocycles. The van der Waals surface area contributed by atoms with Crippen molar-refractivity contribution >= 4 is 23.2 Å². The quantitative estimate of drug-likeness (QED) is 0.655. The first-order valence-electron chi connectivity index (χ1n) is 3.78. The van der Waals surface area contributed by atoms with Gasteiger partial charge in [0.25, 0.3) is 0 Å². The van der Waals surface area contributed by atoms with Crippen LogP contribution in [0.5, 0.6) is 0 Å². The van der Waals surface area contributed by atoms with Crippen molar-refractivity contribution in [2.75, 3.05) is 0 Å². The Kier molecular flexibility index (Phi) is 4.20. The van der Waals surface area contributed by atoms with E-state index in [1.54, 1.807) is 6.08 Å². The molecule has 0 amide bonds. The molecule has 0 aliphatic rings. The van der Waals surface area contributed by atoms with E-state index in [4.69, 9.17) is 23.2 Å². The molecule has 12 heavy (non-hydrogen) atoms. The SMILES string of the molecule is Cl/C=C\C(Cl)Cc1ccccc1. The highest BCUT2D eigenvalue weighted by Gasteiger charge is 1.99. The second kappa shape index (κ2) is 5.23. The van der Waals surface area contributed by atoms with Gasteiger partial charge < -0.3 is 0 Å². The summed E-state index contributed by atoms with van der Waals surface area (Å²) in [5.74, 6) is 0. The first-order chi connectivity index (χ1) is 5.83. The normalized spacial score (nSPS) is 13.5. The molecule has 1 rings (SSSR count). The molecule has 0 radical (unpaired) electrons. The molecule has 0 aromatic heterocycles. The molecule has 0 fully saturated rings. The Labute approximate surface area is 82.8 Å². The summed E-state index contributed by atoms with van der Waals surface area (Å²) in [7, 11) is 0. The van der Waals surface area contributed by atoms with E-state index in [2.05, 4.69) is 12.1 Å². The van der Waals surface area contributed by atoms with Crippen LogP contribution in [0.2, 0.25) is 0 Å². The lowest BCUT2D eigenvalue weighted by Gasteiger charge is -2.02. The molecular weight excluding hydrogens is 191 g/mol. The van der Waals surface area contributed by atoms with Gasteiger partial charge in [-0.2, -0.15) is 0 Å². The van der Waals surface area contributed by atoms with Crippen LogP contribution in [0.15, 0.2) is 41.9 Å². The van der Waals surface area contributed by atoms with Gasteiger partial charge in [0.15, 0.2) is 0 Å². The van der Waals surface area contributed by atoms with Crippen LogP contribution in [0.1, 0.15) is 5.56 Å². The van der Waals surface area contributed by atoms with Gasteiger partial charge in [-0.05, 0) is 12.0 Å². The maximum absolute atomic E-state index is 5.94. The fourth-order valence-corrected chi connectivity index (χ4v) is 1.49. The summed E-state index contributed by atoms with van der Waals surface area (Å²) < 4.78 is 0. The summed E-state index contributed by atoms with van der Waals surface area (Å²) in [5.41, 5.74) is 2.69. The van der Waals surface area contributed by atoms with Crippen molar-refractivity contribution in [3.63, 3.8) is 0 Å². The molecule has 1 atom stereocenters. The summed E-state index contributed by atoms with van der Waals surface area (Å²) in [6.45, 7) is 0. The Bertz CT molecular complexity index is 241. The maximum atomic E-state index is 5.94. The highest BCUT2D eigenvalue weighted by atomic mass is 35.5. The molecule has 0 N–H and O–H groups in total. The standard InChI is InChI=1S/C10H10Cl2/c11-7-6-10(12)8-9-4-2-1-3-5-9/h1-7,10H,8H2/b7-6-. The Hall–Kier alpha value is -0.460. The molecule has 1 unspecified atom stereocenters. The molecule has 0 saturated carbocycles. The number of rotatable bonds is 3. The van der Waals surface area contributed by atoms with Crippen LogP contribution >= 0.6 is 23.2 Å². The Balaban J connectivity index is 2.52. The zero-order valence-electron chi connectivity index (χ0n) is 6.58. The number of benzene rings is 1. The van der Waals surface area contributed by atoms with Crippen molar-refractivity contribution in [3.05, 3.63) is 47.5 Å². The van der Waals surface area contributed by atoms with Crippen molar-refractivity contribution in [2.45, 2.75) is 11.8 Å². The lowest BCUT2D eigenvalue weighted by Crippen LogP contribution is -1.98. The smallest absolute Gasteiger partial charge is 0.0567 e. The predicted octanol–water partition coefficient (Wildman–Crippen LogP) is 3.59. The van der Waals surface area contributed by atoms with Crippen molar-refractivity contribution in [2.24, 2.45) is 0 Å². The number of hydrogen-bond donors (Lipinski definition) is 0. The van der Waals surface area contributed by atoms with Crippen LogP contribution in [-0.2, 0) is 6.42 Å². The number of allylic oxidation sites excluding steroid dienone is 1. The van der Waals surface area contributed by atoms with E-state index >= 15 is 0 Å². The van der Waals surface area contributed by atoms with E-state index in [1.807, 2.05) is 18.2 Å². The summed E-state index contributed by atoms with van der Waals surface area (Å²) in [4.78, 5) is 0. The molecule has 2 heteroatoms. The van der Waals surface area contributed by atoms with E-state index in [0.717, 1.165) is 6.42 Å². The van der Waals surface area contributed by atoms with Gasteiger partial charge in [0.05, 0.1) is 5.38 Å². The highest BCUT2D eigenvalue weighted by Crippen LogP contribution is 2.09. The van der Waals surface area contributed by atoms with Gasteiger partial charge in [-0.25, -0.2) is 0 Å². The second-order valence-corrected chi connectivity index (χ2v) is 3.34. The van der Waals surface area contributed by atoms with E-state index in [9.17, 15) is 0 Å². The molecule has 0 saturated heterocycles. The van der Waals surface area contributed by atoms with E-state index < -0.39 is 0 Å². The van der Waals surface area contributed by atoms with Gasteiger partial charge >= 0.3 is 0 Å². The third kappa shape index (κ3) is 3.29. The lowest BCUT2D eigenvalue weighted by atomic mass is 10.1. The van der Waals surface area contributed by atoms with Gasteiger partial charge in [-0.1, -0.05) is 48.0 Å². The monoisotopic (exact) mass is 200 g/mol. The van der Waals surface area contributed by atoms with Crippen molar-refractivity contribution in [1.82, 2.24) is 0 Å². The summed E-state index contributed by atoms with van der Waals surface area (Å²) >= 11 is 11.3. The Morgan fingerprint density at radius 2 is 1.92 bits per heavy atom. The summed E-state index contributed by atoms with van der Waals surface area (Å²) in [6.07, 6.45) is 2.60. The van der Waals surface area contributed by atoms with Crippen LogP contribution in [0.25, 0.3) is 0 Å². The molecule has 0 spiro atoms. The number of hydrogen-bond acceptors (Lipinski definition) is 0. The van der Waals surface area contributed by atoms with Crippen molar-refractivity contribution in [1.29, 1.82) is 0 Å². The van der Waals surface area contributed by atoms with E-state index in [0.29, 0.717) is 0 Å². The second-order valence-electron chi connectivity index (χ2n) is 2.52. The summed E-state index contributed by atoms with van der Waals surface area (Å²) in [6, 6.07) is 10.1. The maximum Gasteiger partial charge on any atom is 0.0567 e. The largest absolute Gasteiger partial charge is 0.118 e. The first-order valence-corrected chi connectivity index (χ1v) is 4.65. The summed E-state index contributed by atoms with van der Waals surface area (Å²) in [5, 5.41) is -0.00935. The molecular formula is C10H10Cl2. The van der Waals surface area contributed by atoms with Gasteiger partial charge in [0, 0.05) is 5.54 Å². The molecule has 1 aromatic rings. The van der Waals surface area contributed by atoms with Crippen LogP contribution in [0.3, 0.4) is 0 Å². The van der Waals surface area contributed by atoms with Gasteiger partial charge in [0.2, 0.25) is 0 Å². The van der Waals surface area contributed by atoms with Crippen LogP contribution in [-0.4, -0.2) is 5.38 Å². The third-order valence-corrected chi connectivity index (χ3v) is 2.00. The zero-order chi connectivity index (χ0) is 8.81. The topological polar surface area (TPSA) is 0 Å². The minimum atomic E-state index is -0.00935. The van der Waals surface area contributed by atoms with Gasteiger partial charge in [0.1, 0.15) is 0 Å². The van der Waals surface area contributed by atoms with E-state index in [-0.39, 0.29) is 5.38 Å². The van der Waals surface area contributed by atoms with Crippen molar-refractivity contribution < 1.29 is 0 Å². The predicted molar refractivity (Wildman–Crippen MR) is 54.8 cm³/mol. The van der Waals surface area contributed by atoms with Crippen LogP contribution in [0.4, 0.5) is 0 Å². The molecule has 64 valence electrons. The molecule has 0 aliphatic carbocycles. The van der Waals surface area contributed by atoms with Crippen LogP contribution in [0, 0.1) is 0 Å². The van der Waals surface area contributed by atoms with Gasteiger partial charge in [-0.3, -0.25) is 0 Å². The molecule has 0 aliphatic heterocycles. The minimum Gasteiger partial charge on any atom is -0.118 e. The van der Waals surface area contributed by atoms with E-state index in [1.165, 1.54) is 11.1 Å². The zero-order valence-corrected chi connectivity index (χ0v) is 8.09. The van der Waals surface area contributed by atoms with Gasteiger partial charge in [-0.15, -0.1) is 11.6 Å². The Morgan fingerprint density at radius 1 is 1.25 bits per heavy atom. The molecule has 0 bridgehead atoms. The molecule has 0 nitrogen and oxygen atoms in total. The van der Waals surface area contributed by atoms with Crippen LogP contribution < -0.4 is 0 Å². The average Bonchev–Trinajstić information content (AvgIpc) is 2.06. The lowest BCUT2D eigenvalue weighted by molar-refractivity contribution is 1.01. The minimum absolute atomic E-state index is 0.00935. The van der Waals surface area contributed by atoms with Crippen molar-refractivity contribution in [3.8, 4) is 0 Å².